The molecule has 0 saturated heterocycles. The Hall–Kier alpha value is -2.49. The molecule has 132 valence electrons. The first-order valence-electron chi connectivity index (χ1n) is 8.69. The molecular formula is C21H25NO3. The fourth-order valence-electron chi connectivity index (χ4n) is 2.96. The van der Waals surface area contributed by atoms with Crippen LogP contribution in [0.4, 0.5) is 0 Å². The maximum absolute atomic E-state index is 12.3. The molecule has 25 heavy (non-hydrogen) atoms. The van der Waals surface area contributed by atoms with Crippen LogP contribution in [-0.2, 0) is 20.8 Å². The van der Waals surface area contributed by atoms with Crippen molar-refractivity contribution in [1.29, 1.82) is 0 Å². The molecule has 1 aliphatic rings. The van der Waals surface area contributed by atoms with Gasteiger partial charge in [-0.25, -0.2) is 0 Å². The minimum atomic E-state index is -0.0564. The van der Waals surface area contributed by atoms with E-state index in [9.17, 15) is 14.4 Å². The highest BCUT2D eigenvalue weighted by Crippen LogP contribution is 2.27. The first-order valence-corrected chi connectivity index (χ1v) is 8.69. The average Bonchev–Trinajstić information content (AvgIpc) is 2.62. The Bertz CT molecular complexity index is 742. The molecule has 0 atom stereocenters. The first kappa shape index (κ1) is 18.8. The maximum Gasteiger partial charge on any atom is 0.220 e. The number of carbonyl (C=O) groups is 3. The number of ketones is 2. The molecule has 4 nitrogen and oxygen atoms in total. The van der Waals surface area contributed by atoms with Gasteiger partial charge in [-0.2, -0.15) is 0 Å². The van der Waals surface area contributed by atoms with Gasteiger partial charge in [0.05, 0.1) is 0 Å². The van der Waals surface area contributed by atoms with Crippen LogP contribution >= 0.6 is 0 Å². The van der Waals surface area contributed by atoms with Gasteiger partial charge >= 0.3 is 0 Å². The Morgan fingerprint density at radius 1 is 0.880 bits per heavy atom. The van der Waals surface area contributed by atoms with Crippen molar-refractivity contribution in [2.45, 2.75) is 46.5 Å². The van der Waals surface area contributed by atoms with Crippen LogP contribution in [0.3, 0.4) is 0 Å². The predicted molar refractivity (Wildman–Crippen MR) is 98.1 cm³/mol. The SMILES string of the molecule is CC1=C(C)C(=O)C(CCCC(=O)NCCc2ccccc2)=C(C)C1=O. The van der Waals surface area contributed by atoms with Crippen molar-refractivity contribution in [1.82, 2.24) is 5.32 Å². The zero-order valence-electron chi connectivity index (χ0n) is 15.1. The number of carbonyl (C=O) groups excluding carboxylic acids is 3. The minimum absolute atomic E-state index is 0.0211. The molecule has 0 aliphatic heterocycles. The number of benzene rings is 1. The van der Waals surface area contributed by atoms with Crippen molar-refractivity contribution in [2.24, 2.45) is 0 Å². The fourth-order valence-corrected chi connectivity index (χ4v) is 2.96. The van der Waals surface area contributed by atoms with Crippen LogP contribution in [0.2, 0.25) is 0 Å². The molecule has 1 N–H and O–H groups in total. The lowest BCUT2D eigenvalue weighted by Gasteiger charge is -2.18. The van der Waals surface area contributed by atoms with E-state index in [1.165, 1.54) is 5.56 Å². The standard InChI is InChI=1S/C21H25NO3/c1-14-15(2)21(25)18(16(3)20(14)24)10-7-11-19(23)22-13-12-17-8-5-4-6-9-17/h4-6,8-9H,7,10-13H2,1-3H3,(H,22,23). The second-order valence-corrected chi connectivity index (χ2v) is 6.45. The van der Waals surface area contributed by atoms with Crippen molar-refractivity contribution in [3.63, 3.8) is 0 Å². The van der Waals surface area contributed by atoms with Gasteiger partial charge in [0.15, 0.2) is 11.6 Å². The summed E-state index contributed by atoms with van der Waals surface area (Å²) in [7, 11) is 0. The van der Waals surface area contributed by atoms with Gasteiger partial charge < -0.3 is 5.32 Å². The summed E-state index contributed by atoms with van der Waals surface area (Å²) in [5, 5.41) is 2.90. The zero-order valence-corrected chi connectivity index (χ0v) is 15.1. The highest BCUT2D eigenvalue weighted by molar-refractivity contribution is 6.24. The Labute approximate surface area is 149 Å². The van der Waals surface area contributed by atoms with Gasteiger partial charge in [-0.15, -0.1) is 0 Å². The molecule has 0 fully saturated rings. The van der Waals surface area contributed by atoms with Crippen LogP contribution in [0.1, 0.15) is 45.6 Å². The Morgan fingerprint density at radius 2 is 1.52 bits per heavy atom. The molecule has 2 rings (SSSR count). The van der Waals surface area contributed by atoms with Gasteiger partial charge in [-0.05, 0) is 45.6 Å². The van der Waals surface area contributed by atoms with Crippen LogP contribution in [-0.4, -0.2) is 24.0 Å². The van der Waals surface area contributed by atoms with Gasteiger partial charge in [-0.1, -0.05) is 30.3 Å². The number of amides is 1. The summed E-state index contributed by atoms with van der Waals surface area (Å²) in [4.78, 5) is 36.4. The molecule has 4 heteroatoms. The summed E-state index contributed by atoms with van der Waals surface area (Å²) < 4.78 is 0. The van der Waals surface area contributed by atoms with E-state index in [4.69, 9.17) is 0 Å². The Balaban J connectivity index is 1.77. The number of rotatable bonds is 7. The predicted octanol–water partition coefficient (Wildman–Crippen LogP) is 3.32. The quantitative estimate of drug-likeness (QED) is 0.775. The molecule has 1 aromatic rings. The van der Waals surface area contributed by atoms with Gasteiger partial charge in [0.2, 0.25) is 5.91 Å². The smallest absolute Gasteiger partial charge is 0.220 e. The molecule has 0 radical (unpaired) electrons. The number of hydrogen-bond acceptors (Lipinski definition) is 3. The van der Waals surface area contributed by atoms with E-state index >= 15 is 0 Å². The minimum Gasteiger partial charge on any atom is -0.356 e. The maximum atomic E-state index is 12.3. The second kappa shape index (κ2) is 8.56. The molecular weight excluding hydrogens is 314 g/mol. The first-order chi connectivity index (χ1) is 11.9. The second-order valence-electron chi connectivity index (χ2n) is 6.45. The van der Waals surface area contributed by atoms with Gasteiger partial charge in [0.1, 0.15) is 0 Å². The lowest BCUT2D eigenvalue weighted by molar-refractivity contribution is -0.121. The molecule has 1 aromatic carbocycles. The van der Waals surface area contributed by atoms with Gasteiger partial charge in [-0.3, -0.25) is 14.4 Å². The summed E-state index contributed by atoms with van der Waals surface area (Å²) in [6.45, 7) is 5.68. The summed E-state index contributed by atoms with van der Waals surface area (Å²) in [6.07, 6.45) is 2.18. The molecule has 0 spiro atoms. The van der Waals surface area contributed by atoms with Crippen molar-refractivity contribution < 1.29 is 14.4 Å². The van der Waals surface area contributed by atoms with Crippen LogP contribution in [0, 0.1) is 0 Å². The summed E-state index contributed by atoms with van der Waals surface area (Å²) in [5.41, 5.74) is 3.33. The fraction of sp³-hybridized carbons (Fsp3) is 0.381. The lowest BCUT2D eigenvalue weighted by atomic mass is 9.84. The molecule has 0 saturated carbocycles. The van der Waals surface area contributed by atoms with E-state index in [2.05, 4.69) is 5.32 Å². The van der Waals surface area contributed by atoms with E-state index in [1.807, 2.05) is 30.3 Å². The lowest BCUT2D eigenvalue weighted by Crippen LogP contribution is -2.25. The van der Waals surface area contributed by atoms with Crippen molar-refractivity contribution in [3.05, 3.63) is 58.2 Å². The van der Waals surface area contributed by atoms with Crippen LogP contribution in [0.5, 0.6) is 0 Å². The van der Waals surface area contributed by atoms with E-state index in [0.717, 1.165) is 6.42 Å². The number of hydrogen-bond donors (Lipinski definition) is 1. The number of allylic oxidation sites excluding steroid dienone is 4. The van der Waals surface area contributed by atoms with E-state index < -0.39 is 0 Å². The third-order valence-corrected chi connectivity index (χ3v) is 4.72. The number of Topliss-reactive ketones (excluding diaryl/α,β-unsaturated/α-hetero) is 2. The number of nitrogens with one attached hydrogen (secondary N) is 1. The third kappa shape index (κ3) is 4.75. The molecule has 0 bridgehead atoms. The summed E-state index contributed by atoms with van der Waals surface area (Å²) in [6, 6.07) is 9.99. The molecule has 0 heterocycles. The van der Waals surface area contributed by atoms with Crippen molar-refractivity contribution in [2.75, 3.05) is 6.54 Å². The van der Waals surface area contributed by atoms with Crippen LogP contribution < -0.4 is 5.32 Å². The highest BCUT2D eigenvalue weighted by atomic mass is 16.2. The van der Waals surface area contributed by atoms with Crippen LogP contribution in [0.15, 0.2) is 52.6 Å². The molecule has 0 unspecified atom stereocenters. The third-order valence-electron chi connectivity index (χ3n) is 4.72. The van der Waals surface area contributed by atoms with Gasteiger partial charge in [0.25, 0.3) is 0 Å². The topological polar surface area (TPSA) is 63.2 Å². The van der Waals surface area contributed by atoms with E-state index in [1.54, 1.807) is 20.8 Å². The Kier molecular flexibility index (Phi) is 6.45. The van der Waals surface area contributed by atoms with E-state index in [0.29, 0.717) is 48.1 Å². The summed E-state index contributed by atoms with van der Waals surface area (Å²) in [5.74, 6) is -0.134. The van der Waals surface area contributed by atoms with Crippen LogP contribution in [0.25, 0.3) is 0 Å². The Morgan fingerprint density at radius 3 is 2.20 bits per heavy atom. The highest BCUT2D eigenvalue weighted by Gasteiger charge is 2.27. The molecule has 0 aromatic heterocycles. The molecule has 1 amide bonds. The van der Waals surface area contributed by atoms with Gasteiger partial charge in [0, 0.05) is 35.3 Å². The zero-order chi connectivity index (χ0) is 18.4. The van der Waals surface area contributed by atoms with Crippen molar-refractivity contribution in [3.8, 4) is 0 Å². The average molecular weight is 339 g/mol. The summed E-state index contributed by atoms with van der Waals surface area (Å²) >= 11 is 0. The van der Waals surface area contributed by atoms with E-state index in [-0.39, 0.29) is 17.5 Å². The molecule has 1 aliphatic carbocycles. The normalized spacial score (nSPS) is 15.0. The van der Waals surface area contributed by atoms with Crippen molar-refractivity contribution >= 4 is 17.5 Å². The largest absolute Gasteiger partial charge is 0.356 e. The monoisotopic (exact) mass is 339 g/mol.